The first-order valence-corrected chi connectivity index (χ1v) is 5.59. The molecule has 1 aromatic heterocycles. The van der Waals surface area contributed by atoms with Gasteiger partial charge in [-0.2, -0.15) is 0 Å². The van der Waals surface area contributed by atoms with Gasteiger partial charge in [0, 0.05) is 12.4 Å². The first-order chi connectivity index (χ1) is 8.46. The van der Waals surface area contributed by atoms with Crippen LogP contribution in [-0.2, 0) is 4.79 Å². The van der Waals surface area contributed by atoms with Crippen molar-refractivity contribution >= 4 is 17.7 Å². The lowest BCUT2D eigenvalue weighted by Gasteiger charge is -2.28. The molecule has 0 atom stereocenters. The van der Waals surface area contributed by atoms with E-state index in [1.165, 1.54) is 12.4 Å². The average Bonchev–Trinajstić information content (AvgIpc) is 2.36. The summed E-state index contributed by atoms with van der Waals surface area (Å²) in [7, 11) is 0. The van der Waals surface area contributed by atoms with E-state index in [0.717, 1.165) is 0 Å². The van der Waals surface area contributed by atoms with Crippen LogP contribution in [0.25, 0.3) is 0 Å². The van der Waals surface area contributed by atoms with E-state index >= 15 is 0 Å². The fourth-order valence-corrected chi connectivity index (χ4v) is 1.62. The van der Waals surface area contributed by atoms with Crippen LogP contribution in [0.5, 0.6) is 0 Å². The highest BCUT2D eigenvalue weighted by atomic mass is 16.4. The molecule has 0 saturated heterocycles. The van der Waals surface area contributed by atoms with E-state index in [9.17, 15) is 14.7 Å². The first-order valence-electron chi connectivity index (χ1n) is 5.59. The van der Waals surface area contributed by atoms with Crippen LogP contribution >= 0.6 is 0 Å². The second-order valence-corrected chi connectivity index (χ2v) is 3.84. The Labute approximate surface area is 104 Å². The number of carboxylic acids is 1. The van der Waals surface area contributed by atoms with Gasteiger partial charge in [0.2, 0.25) is 0 Å². The van der Waals surface area contributed by atoms with Gasteiger partial charge in [0.05, 0.1) is 0 Å². The van der Waals surface area contributed by atoms with Crippen LogP contribution < -0.4 is 11.1 Å². The predicted octanol–water partition coefficient (Wildman–Crippen LogP) is 0.631. The van der Waals surface area contributed by atoms with E-state index in [1.54, 1.807) is 13.8 Å². The number of amides is 1. The van der Waals surface area contributed by atoms with Crippen LogP contribution in [0.2, 0.25) is 0 Å². The van der Waals surface area contributed by atoms with Crippen LogP contribution in [0.15, 0.2) is 12.4 Å². The van der Waals surface area contributed by atoms with Crippen molar-refractivity contribution in [3.05, 3.63) is 18.1 Å². The highest BCUT2D eigenvalue weighted by Gasteiger charge is 2.36. The molecule has 0 aromatic carbocycles. The molecule has 7 nitrogen and oxygen atoms in total. The number of hydrogen-bond donors (Lipinski definition) is 3. The molecule has 1 heterocycles. The van der Waals surface area contributed by atoms with Gasteiger partial charge in [0.1, 0.15) is 5.54 Å². The normalized spacial score (nSPS) is 11.0. The van der Waals surface area contributed by atoms with E-state index in [1.807, 2.05) is 0 Å². The first kappa shape index (κ1) is 13.9. The molecule has 1 amide bonds. The van der Waals surface area contributed by atoms with Crippen molar-refractivity contribution in [3.63, 3.8) is 0 Å². The maximum Gasteiger partial charge on any atom is 0.329 e. The van der Waals surface area contributed by atoms with Crippen molar-refractivity contribution in [1.29, 1.82) is 0 Å². The van der Waals surface area contributed by atoms with Gasteiger partial charge in [-0.3, -0.25) is 4.79 Å². The molecule has 0 aliphatic heterocycles. The summed E-state index contributed by atoms with van der Waals surface area (Å²) in [5, 5.41) is 12.1. The number of carbonyl (C=O) groups is 2. The summed E-state index contributed by atoms with van der Waals surface area (Å²) in [6, 6.07) is 0. The molecule has 0 saturated carbocycles. The molecule has 0 fully saturated rings. The molecular weight excluding hydrogens is 236 g/mol. The van der Waals surface area contributed by atoms with Gasteiger partial charge in [0.15, 0.2) is 11.5 Å². The summed E-state index contributed by atoms with van der Waals surface area (Å²) < 4.78 is 0. The van der Waals surface area contributed by atoms with Crippen molar-refractivity contribution in [1.82, 2.24) is 9.97 Å². The lowest BCUT2D eigenvalue weighted by atomic mass is 9.93. The minimum Gasteiger partial charge on any atom is -0.480 e. The molecule has 7 heteroatoms. The summed E-state index contributed by atoms with van der Waals surface area (Å²) in [4.78, 5) is 30.3. The smallest absolute Gasteiger partial charge is 0.329 e. The number of nitrogens with one attached hydrogen (secondary N) is 1. The maximum atomic E-state index is 11.3. The Morgan fingerprint density at radius 3 is 2.33 bits per heavy atom. The van der Waals surface area contributed by atoms with Crippen molar-refractivity contribution in [3.8, 4) is 0 Å². The molecule has 0 aliphatic rings. The zero-order valence-corrected chi connectivity index (χ0v) is 10.3. The van der Waals surface area contributed by atoms with Crippen LogP contribution in [0.4, 0.5) is 5.82 Å². The highest BCUT2D eigenvalue weighted by molar-refractivity contribution is 5.96. The number of hydrogen-bond acceptors (Lipinski definition) is 5. The second-order valence-electron chi connectivity index (χ2n) is 3.84. The fraction of sp³-hybridized carbons (Fsp3) is 0.455. The van der Waals surface area contributed by atoms with Crippen molar-refractivity contribution < 1.29 is 14.7 Å². The number of nitrogens with zero attached hydrogens (tertiary/aromatic N) is 2. The summed E-state index contributed by atoms with van der Waals surface area (Å²) in [6.45, 7) is 3.48. The van der Waals surface area contributed by atoms with Crippen LogP contribution in [0.1, 0.15) is 37.2 Å². The summed E-state index contributed by atoms with van der Waals surface area (Å²) in [6.07, 6.45) is 3.37. The SMILES string of the molecule is CCC(CC)(Nc1nccnc1C(N)=O)C(=O)O. The van der Waals surface area contributed by atoms with Gasteiger partial charge in [-0.05, 0) is 12.8 Å². The van der Waals surface area contributed by atoms with Crippen LogP contribution in [0.3, 0.4) is 0 Å². The van der Waals surface area contributed by atoms with E-state index in [0.29, 0.717) is 12.8 Å². The van der Waals surface area contributed by atoms with E-state index in [2.05, 4.69) is 15.3 Å². The molecule has 18 heavy (non-hydrogen) atoms. The average molecular weight is 252 g/mol. The number of nitrogens with two attached hydrogens (primary N) is 1. The summed E-state index contributed by atoms with van der Waals surface area (Å²) >= 11 is 0. The second kappa shape index (κ2) is 5.44. The minimum atomic E-state index is -1.18. The number of rotatable bonds is 6. The maximum absolute atomic E-state index is 11.3. The van der Waals surface area contributed by atoms with Crippen LogP contribution in [-0.4, -0.2) is 32.5 Å². The van der Waals surface area contributed by atoms with E-state index in [-0.39, 0.29) is 11.5 Å². The Hall–Kier alpha value is -2.18. The molecule has 1 rings (SSSR count). The van der Waals surface area contributed by atoms with Crippen molar-refractivity contribution in [2.45, 2.75) is 32.2 Å². The minimum absolute atomic E-state index is 0.0648. The Morgan fingerprint density at radius 1 is 1.33 bits per heavy atom. The Balaban J connectivity index is 3.16. The van der Waals surface area contributed by atoms with E-state index in [4.69, 9.17) is 5.73 Å². The lowest BCUT2D eigenvalue weighted by molar-refractivity contribution is -0.142. The number of aliphatic carboxylic acids is 1. The highest BCUT2D eigenvalue weighted by Crippen LogP contribution is 2.22. The number of carboxylic acid groups (broad SMARTS) is 1. The molecular formula is C11H16N4O3. The largest absolute Gasteiger partial charge is 0.480 e. The Morgan fingerprint density at radius 2 is 1.89 bits per heavy atom. The van der Waals surface area contributed by atoms with Gasteiger partial charge in [-0.15, -0.1) is 0 Å². The zero-order valence-electron chi connectivity index (χ0n) is 10.3. The van der Waals surface area contributed by atoms with Gasteiger partial charge in [0.25, 0.3) is 5.91 Å². The van der Waals surface area contributed by atoms with Gasteiger partial charge < -0.3 is 16.2 Å². The molecule has 0 bridgehead atoms. The van der Waals surface area contributed by atoms with E-state index < -0.39 is 17.4 Å². The third-order valence-corrected chi connectivity index (χ3v) is 2.91. The molecule has 1 aromatic rings. The number of anilines is 1. The van der Waals surface area contributed by atoms with Crippen molar-refractivity contribution in [2.24, 2.45) is 5.73 Å². The number of primary amides is 1. The third kappa shape index (κ3) is 2.55. The fourth-order valence-electron chi connectivity index (χ4n) is 1.62. The van der Waals surface area contributed by atoms with Gasteiger partial charge in [-0.1, -0.05) is 13.8 Å². The molecule has 0 unspecified atom stereocenters. The molecule has 0 radical (unpaired) electrons. The summed E-state index contributed by atoms with van der Waals surface area (Å²) in [5.41, 5.74) is 3.92. The molecule has 0 aliphatic carbocycles. The third-order valence-electron chi connectivity index (χ3n) is 2.91. The predicted molar refractivity (Wildman–Crippen MR) is 65.1 cm³/mol. The topological polar surface area (TPSA) is 118 Å². The molecule has 4 N–H and O–H groups in total. The molecule has 98 valence electrons. The van der Waals surface area contributed by atoms with Crippen molar-refractivity contribution in [2.75, 3.05) is 5.32 Å². The standard InChI is InChI=1S/C11H16N4O3/c1-3-11(4-2,10(17)18)15-9-7(8(12)16)13-5-6-14-9/h5-6H,3-4H2,1-2H3,(H2,12,16)(H,14,15)(H,17,18). The Bertz CT molecular complexity index is 457. The lowest BCUT2D eigenvalue weighted by Crippen LogP contribution is -2.46. The quantitative estimate of drug-likeness (QED) is 0.683. The zero-order chi connectivity index (χ0) is 13.8. The monoisotopic (exact) mass is 252 g/mol. The Kier molecular flexibility index (Phi) is 4.19. The van der Waals surface area contributed by atoms with Crippen LogP contribution in [0, 0.1) is 0 Å². The number of aromatic nitrogens is 2. The summed E-state index contributed by atoms with van der Waals surface area (Å²) in [5.74, 6) is -1.67. The van der Waals surface area contributed by atoms with Gasteiger partial charge >= 0.3 is 5.97 Å². The number of carbonyl (C=O) groups excluding carboxylic acids is 1. The van der Waals surface area contributed by atoms with Gasteiger partial charge in [-0.25, -0.2) is 14.8 Å². The molecule has 0 spiro atoms.